The average Bonchev–Trinajstić information content (AvgIpc) is 3.19. The van der Waals surface area contributed by atoms with Gasteiger partial charge < -0.3 is 9.73 Å². The van der Waals surface area contributed by atoms with Gasteiger partial charge in [-0.05, 0) is 37.5 Å². The normalized spacial score (nSPS) is 13.9. The number of benzene rings is 2. The minimum Gasteiger partial charge on any atom is -0.455 e. The maximum absolute atomic E-state index is 12.7. The summed E-state index contributed by atoms with van der Waals surface area (Å²) in [5.41, 5.74) is 5.05. The first-order chi connectivity index (χ1) is 16.3. The predicted molar refractivity (Wildman–Crippen MR) is 126 cm³/mol. The van der Waals surface area contributed by atoms with Gasteiger partial charge in [0, 0.05) is 35.7 Å². The third-order valence-corrected chi connectivity index (χ3v) is 5.84. The number of hydrazone groups is 1. The van der Waals surface area contributed by atoms with Crippen LogP contribution in [0.3, 0.4) is 0 Å². The molecule has 3 aromatic rings. The summed E-state index contributed by atoms with van der Waals surface area (Å²) in [7, 11) is 0. The van der Waals surface area contributed by atoms with Crippen molar-refractivity contribution < 1.29 is 18.9 Å². The highest BCUT2D eigenvalue weighted by atomic mass is 35.5. The Morgan fingerprint density at radius 3 is 2.65 bits per heavy atom. The van der Waals surface area contributed by atoms with Crippen LogP contribution in [0.15, 0.2) is 58.0 Å². The third-order valence-electron chi connectivity index (χ3n) is 5.53. The highest BCUT2D eigenvalue weighted by Gasteiger charge is 2.28. The maximum atomic E-state index is 12.7. The van der Waals surface area contributed by atoms with Gasteiger partial charge in [-0.15, -0.1) is 0 Å². The molecule has 9 nitrogen and oxygen atoms in total. The number of nitro benzene ring substituents is 1. The zero-order valence-electron chi connectivity index (χ0n) is 18.3. The number of carbonyl (C=O) groups excluding carboxylic acids is 2. The number of nitrogens with one attached hydrogen (secondary N) is 2. The van der Waals surface area contributed by atoms with Crippen LogP contribution in [-0.2, 0) is 13.0 Å². The lowest BCUT2D eigenvalue weighted by molar-refractivity contribution is -0.384. The fourth-order valence-electron chi connectivity index (χ4n) is 3.83. The maximum Gasteiger partial charge on any atom is 0.288 e. The number of hydrogen-bond donors (Lipinski definition) is 2. The molecule has 1 aliphatic carbocycles. The molecule has 0 bridgehead atoms. The molecule has 4 rings (SSSR count). The summed E-state index contributed by atoms with van der Waals surface area (Å²) in [4.78, 5) is 35.7. The number of carbonyl (C=O) groups is 2. The van der Waals surface area contributed by atoms with Gasteiger partial charge in [-0.3, -0.25) is 19.7 Å². The zero-order chi connectivity index (χ0) is 24.2. The summed E-state index contributed by atoms with van der Waals surface area (Å²) in [5, 5.41) is 18.1. The molecule has 2 aromatic carbocycles. The average molecular weight is 481 g/mol. The van der Waals surface area contributed by atoms with Crippen molar-refractivity contribution in [1.82, 2.24) is 10.7 Å². The smallest absolute Gasteiger partial charge is 0.288 e. The molecule has 1 heterocycles. The summed E-state index contributed by atoms with van der Waals surface area (Å²) < 4.78 is 5.87. The molecule has 2 N–H and O–H groups in total. The summed E-state index contributed by atoms with van der Waals surface area (Å²) in [6.07, 6.45) is 1.98. The fourth-order valence-corrected chi connectivity index (χ4v) is 4.02. The summed E-state index contributed by atoms with van der Waals surface area (Å²) >= 11 is 5.81. The number of fused-ring (bicyclic) bond motifs is 1. The Morgan fingerprint density at radius 1 is 1.15 bits per heavy atom. The largest absolute Gasteiger partial charge is 0.455 e. The number of amides is 2. The van der Waals surface area contributed by atoms with Crippen molar-refractivity contribution in [2.75, 3.05) is 0 Å². The molecular formula is C24H21ClN4O5. The van der Waals surface area contributed by atoms with Crippen molar-refractivity contribution in [3.05, 3.63) is 97.4 Å². The molecule has 0 radical (unpaired) electrons. The van der Waals surface area contributed by atoms with Crippen LogP contribution in [0.1, 0.15) is 56.2 Å². The molecule has 0 unspecified atom stereocenters. The highest BCUT2D eigenvalue weighted by Crippen LogP contribution is 2.30. The molecule has 10 heteroatoms. The highest BCUT2D eigenvalue weighted by molar-refractivity contribution is 6.32. The Bertz CT molecular complexity index is 1300. The van der Waals surface area contributed by atoms with Gasteiger partial charge in [0.25, 0.3) is 17.5 Å². The number of aryl methyl sites for hydroxylation is 1. The van der Waals surface area contributed by atoms with Crippen LogP contribution in [0.4, 0.5) is 5.69 Å². The van der Waals surface area contributed by atoms with E-state index >= 15 is 0 Å². The van der Waals surface area contributed by atoms with Gasteiger partial charge in [-0.1, -0.05) is 41.9 Å². The number of rotatable bonds is 6. The van der Waals surface area contributed by atoms with Crippen molar-refractivity contribution in [3.63, 3.8) is 0 Å². The van der Waals surface area contributed by atoms with Crippen LogP contribution in [0.5, 0.6) is 0 Å². The van der Waals surface area contributed by atoms with E-state index in [1.807, 2.05) is 30.3 Å². The van der Waals surface area contributed by atoms with Crippen LogP contribution in [0.25, 0.3) is 0 Å². The third kappa shape index (κ3) is 4.84. The van der Waals surface area contributed by atoms with Crippen LogP contribution in [0, 0.1) is 17.0 Å². The number of furan rings is 1. The van der Waals surface area contributed by atoms with E-state index in [0.717, 1.165) is 18.1 Å². The first-order valence-corrected chi connectivity index (χ1v) is 11.0. The summed E-state index contributed by atoms with van der Waals surface area (Å²) in [6, 6.07) is 13.3. The topological polar surface area (TPSA) is 127 Å². The molecule has 174 valence electrons. The molecular weight excluding hydrogens is 460 g/mol. The number of halogens is 1. The molecule has 2 amide bonds. The quantitative estimate of drug-likeness (QED) is 0.395. The van der Waals surface area contributed by atoms with E-state index in [1.165, 1.54) is 12.1 Å². The van der Waals surface area contributed by atoms with Crippen molar-refractivity contribution >= 4 is 34.8 Å². The molecule has 0 saturated heterocycles. The molecule has 34 heavy (non-hydrogen) atoms. The monoisotopic (exact) mass is 480 g/mol. The Hall–Kier alpha value is -3.98. The Labute approximate surface area is 199 Å². The van der Waals surface area contributed by atoms with Crippen LogP contribution in [0.2, 0.25) is 5.02 Å². The second-order valence-electron chi connectivity index (χ2n) is 7.80. The van der Waals surface area contributed by atoms with E-state index in [2.05, 4.69) is 15.8 Å². The minimum absolute atomic E-state index is 0.0568. The van der Waals surface area contributed by atoms with Gasteiger partial charge in [0.15, 0.2) is 5.76 Å². The van der Waals surface area contributed by atoms with Crippen LogP contribution in [-0.4, -0.2) is 22.4 Å². The lowest BCUT2D eigenvalue weighted by Crippen LogP contribution is -2.23. The summed E-state index contributed by atoms with van der Waals surface area (Å²) in [5.74, 6) is -0.0760. The molecule has 0 aliphatic heterocycles. The Kier molecular flexibility index (Phi) is 6.74. The number of nitrogens with zero attached hydrogens (tertiary/aromatic N) is 2. The van der Waals surface area contributed by atoms with Gasteiger partial charge in [0.05, 0.1) is 10.6 Å². The van der Waals surface area contributed by atoms with Gasteiger partial charge in [-0.25, -0.2) is 5.43 Å². The molecule has 1 aromatic heterocycles. The second-order valence-corrected chi connectivity index (χ2v) is 8.21. The van der Waals surface area contributed by atoms with E-state index in [-0.39, 0.29) is 27.9 Å². The minimum atomic E-state index is -0.655. The first kappa shape index (κ1) is 23.2. The SMILES string of the molecule is Cc1c(C(=O)NCc2ccccc2)oc2c1/C(=N/NC(=O)c1ccc(Cl)c([N+](=O)[O-])c1)CCC2. The Morgan fingerprint density at radius 2 is 1.91 bits per heavy atom. The van der Waals surface area contributed by atoms with Crippen LogP contribution < -0.4 is 10.7 Å². The van der Waals surface area contributed by atoms with Crippen molar-refractivity contribution in [2.24, 2.45) is 5.10 Å². The van der Waals surface area contributed by atoms with Gasteiger partial charge in [0.2, 0.25) is 0 Å². The van der Waals surface area contributed by atoms with E-state index < -0.39 is 10.8 Å². The van der Waals surface area contributed by atoms with Crippen molar-refractivity contribution in [3.8, 4) is 0 Å². The number of hydrogen-bond acceptors (Lipinski definition) is 6. The van der Waals surface area contributed by atoms with E-state index in [0.29, 0.717) is 42.0 Å². The van der Waals surface area contributed by atoms with Gasteiger partial charge in [0.1, 0.15) is 10.8 Å². The van der Waals surface area contributed by atoms with Crippen molar-refractivity contribution in [2.45, 2.75) is 32.7 Å². The predicted octanol–water partition coefficient (Wildman–Crippen LogP) is 4.55. The second kappa shape index (κ2) is 9.88. The first-order valence-electron chi connectivity index (χ1n) is 10.6. The van der Waals surface area contributed by atoms with E-state index in [9.17, 15) is 19.7 Å². The fraction of sp³-hybridized carbons (Fsp3) is 0.208. The lowest BCUT2D eigenvalue weighted by atomic mass is 9.93. The number of nitro groups is 1. The summed E-state index contributed by atoms with van der Waals surface area (Å²) in [6.45, 7) is 2.15. The van der Waals surface area contributed by atoms with Crippen molar-refractivity contribution in [1.29, 1.82) is 0 Å². The van der Waals surface area contributed by atoms with E-state index in [1.54, 1.807) is 6.92 Å². The van der Waals surface area contributed by atoms with E-state index in [4.69, 9.17) is 16.0 Å². The molecule has 0 spiro atoms. The zero-order valence-corrected chi connectivity index (χ0v) is 19.0. The molecule has 0 atom stereocenters. The standard InChI is InChI=1S/C24H21ClN4O5/c1-14-21-18(27-28-23(30)16-10-11-17(25)19(12-16)29(32)33)8-5-9-20(21)34-22(14)24(31)26-13-15-6-3-2-4-7-15/h2-4,6-7,10-12H,5,8-9,13H2,1H3,(H,26,31)(H,28,30)/b27-18+. The lowest BCUT2D eigenvalue weighted by Gasteiger charge is -2.13. The van der Waals surface area contributed by atoms with Crippen LogP contribution >= 0.6 is 11.6 Å². The van der Waals surface area contributed by atoms with Gasteiger partial charge >= 0.3 is 0 Å². The molecule has 0 fully saturated rings. The molecule has 1 aliphatic rings. The van der Waals surface area contributed by atoms with Gasteiger partial charge in [-0.2, -0.15) is 5.10 Å². The Balaban J connectivity index is 1.52. The molecule has 0 saturated carbocycles.